The Bertz CT molecular complexity index is 492. The van der Waals surface area contributed by atoms with Gasteiger partial charge in [-0.3, -0.25) is 4.79 Å². The monoisotopic (exact) mass is 296 g/mol. The number of anilines is 1. The first-order valence-electron chi connectivity index (χ1n) is 7.04. The molecule has 1 aromatic carbocycles. The molecule has 0 bridgehead atoms. The molecule has 0 radical (unpaired) electrons. The maximum atomic E-state index is 13.8. The average molecular weight is 296 g/mol. The third kappa shape index (κ3) is 4.15. The highest BCUT2D eigenvalue weighted by atomic mass is 19.1. The van der Waals surface area contributed by atoms with Crippen LogP contribution in [0.1, 0.15) is 6.92 Å². The minimum atomic E-state index is -0.498. The van der Waals surface area contributed by atoms with Crippen molar-refractivity contribution in [1.82, 2.24) is 5.32 Å². The van der Waals surface area contributed by atoms with E-state index in [1.807, 2.05) is 6.92 Å². The van der Waals surface area contributed by atoms with Gasteiger partial charge in [0.2, 0.25) is 5.91 Å². The number of hydrogen-bond donors (Lipinski definition) is 2. The van der Waals surface area contributed by atoms with Gasteiger partial charge in [0.05, 0.1) is 6.61 Å². The topological polar surface area (TPSA) is 59.6 Å². The predicted molar refractivity (Wildman–Crippen MR) is 77.9 cm³/mol. The van der Waals surface area contributed by atoms with Gasteiger partial charge in [-0.1, -0.05) is 6.92 Å². The lowest BCUT2D eigenvalue weighted by molar-refractivity contribution is -0.121. The molecule has 1 heterocycles. The number of hydrogen-bond acceptors (Lipinski definition) is 4. The van der Waals surface area contributed by atoms with E-state index in [0.717, 1.165) is 13.1 Å². The number of carbonyl (C=O) groups excluding carboxylic acids is 1. The van der Waals surface area contributed by atoms with Crippen molar-refractivity contribution < 1.29 is 18.7 Å². The lowest BCUT2D eigenvalue weighted by atomic mass is 9.88. The van der Waals surface area contributed by atoms with Crippen molar-refractivity contribution in [3.05, 3.63) is 24.0 Å². The molecule has 1 aliphatic rings. The molecule has 1 atom stereocenters. The Labute approximate surface area is 123 Å². The van der Waals surface area contributed by atoms with E-state index in [1.54, 1.807) is 13.2 Å². The Morgan fingerprint density at radius 3 is 2.81 bits per heavy atom. The van der Waals surface area contributed by atoms with Gasteiger partial charge in [0, 0.05) is 24.8 Å². The molecule has 1 unspecified atom stereocenters. The Morgan fingerprint density at radius 2 is 2.24 bits per heavy atom. The van der Waals surface area contributed by atoms with Crippen molar-refractivity contribution in [2.45, 2.75) is 6.92 Å². The van der Waals surface area contributed by atoms with Crippen LogP contribution in [0.5, 0.6) is 5.75 Å². The Kier molecular flexibility index (Phi) is 5.52. The summed E-state index contributed by atoms with van der Waals surface area (Å²) in [5, 5.41) is 5.87. The first kappa shape index (κ1) is 15.7. The van der Waals surface area contributed by atoms with Crippen LogP contribution >= 0.6 is 0 Å². The SMILES string of the molecule is COCCOc1ccc(NC(=O)C(C)C2CNC2)cc1F. The fourth-order valence-corrected chi connectivity index (χ4v) is 2.07. The molecule has 0 aromatic heterocycles. The van der Waals surface area contributed by atoms with Gasteiger partial charge in [-0.25, -0.2) is 4.39 Å². The first-order chi connectivity index (χ1) is 10.1. The Morgan fingerprint density at radius 1 is 1.48 bits per heavy atom. The van der Waals surface area contributed by atoms with Gasteiger partial charge in [0.1, 0.15) is 6.61 Å². The van der Waals surface area contributed by atoms with Crippen LogP contribution in [0.3, 0.4) is 0 Å². The highest BCUT2D eigenvalue weighted by molar-refractivity contribution is 5.92. The molecule has 0 aliphatic carbocycles. The fourth-order valence-electron chi connectivity index (χ4n) is 2.07. The van der Waals surface area contributed by atoms with Gasteiger partial charge in [-0.2, -0.15) is 0 Å². The van der Waals surface area contributed by atoms with Crippen LogP contribution < -0.4 is 15.4 Å². The summed E-state index contributed by atoms with van der Waals surface area (Å²) >= 11 is 0. The van der Waals surface area contributed by atoms with Crippen molar-refractivity contribution in [3.63, 3.8) is 0 Å². The number of methoxy groups -OCH3 is 1. The number of amides is 1. The molecule has 21 heavy (non-hydrogen) atoms. The number of benzene rings is 1. The highest BCUT2D eigenvalue weighted by Crippen LogP contribution is 2.23. The minimum absolute atomic E-state index is 0.0889. The van der Waals surface area contributed by atoms with Crippen LogP contribution in [-0.2, 0) is 9.53 Å². The summed E-state index contributed by atoms with van der Waals surface area (Å²) < 4.78 is 23.9. The fraction of sp³-hybridized carbons (Fsp3) is 0.533. The molecule has 1 saturated heterocycles. The van der Waals surface area contributed by atoms with Gasteiger partial charge in [0.15, 0.2) is 11.6 Å². The van der Waals surface area contributed by atoms with Crippen molar-refractivity contribution in [1.29, 1.82) is 0 Å². The van der Waals surface area contributed by atoms with Gasteiger partial charge in [-0.05, 0) is 31.1 Å². The summed E-state index contributed by atoms with van der Waals surface area (Å²) in [6.45, 7) is 4.28. The Balaban J connectivity index is 1.91. The molecule has 2 N–H and O–H groups in total. The molecule has 0 spiro atoms. The normalized spacial score (nSPS) is 16.1. The smallest absolute Gasteiger partial charge is 0.227 e. The zero-order chi connectivity index (χ0) is 15.2. The van der Waals surface area contributed by atoms with Crippen LogP contribution in [0.15, 0.2) is 18.2 Å². The summed E-state index contributed by atoms with van der Waals surface area (Å²) in [7, 11) is 1.55. The zero-order valence-electron chi connectivity index (χ0n) is 12.3. The summed E-state index contributed by atoms with van der Waals surface area (Å²) in [6, 6.07) is 4.41. The van der Waals surface area contributed by atoms with Crippen LogP contribution in [0.4, 0.5) is 10.1 Å². The lowest BCUT2D eigenvalue weighted by Gasteiger charge is -2.31. The molecule has 1 aliphatic heterocycles. The van der Waals surface area contributed by atoms with Crippen LogP contribution in [0, 0.1) is 17.7 Å². The Hall–Kier alpha value is -1.66. The van der Waals surface area contributed by atoms with Gasteiger partial charge >= 0.3 is 0 Å². The third-order valence-electron chi connectivity index (χ3n) is 3.68. The average Bonchev–Trinajstić information content (AvgIpc) is 2.39. The van der Waals surface area contributed by atoms with E-state index in [-0.39, 0.29) is 24.2 Å². The molecule has 1 amide bonds. The van der Waals surface area contributed by atoms with E-state index in [0.29, 0.717) is 18.2 Å². The van der Waals surface area contributed by atoms with E-state index in [2.05, 4.69) is 10.6 Å². The van der Waals surface area contributed by atoms with Crippen molar-refractivity contribution in [3.8, 4) is 5.75 Å². The quantitative estimate of drug-likeness (QED) is 0.751. The predicted octanol–water partition coefficient (Wildman–Crippen LogP) is 1.64. The molecule has 2 rings (SSSR count). The van der Waals surface area contributed by atoms with E-state index in [1.165, 1.54) is 12.1 Å². The number of ether oxygens (including phenoxy) is 2. The van der Waals surface area contributed by atoms with E-state index in [9.17, 15) is 9.18 Å². The van der Waals surface area contributed by atoms with Gasteiger partial charge in [0.25, 0.3) is 0 Å². The molecule has 0 saturated carbocycles. The first-order valence-corrected chi connectivity index (χ1v) is 7.04. The largest absolute Gasteiger partial charge is 0.488 e. The second-order valence-corrected chi connectivity index (χ2v) is 5.18. The minimum Gasteiger partial charge on any atom is -0.488 e. The van der Waals surface area contributed by atoms with E-state index < -0.39 is 5.82 Å². The summed E-state index contributed by atoms with van der Waals surface area (Å²) in [5.41, 5.74) is 0.440. The molecule has 116 valence electrons. The molecule has 1 fully saturated rings. The van der Waals surface area contributed by atoms with Crippen LogP contribution in [-0.4, -0.2) is 39.3 Å². The third-order valence-corrected chi connectivity index (χ3v) is 3.68. The summed E-state index contributed by atoms with van der Waals surface area (Å²) in [6.07, 6.45) is 0. The highest BCUT2D eigenvalue weighted by Gasteiger charge is 2.28. The summed E-state index contributed by atoms with van der Waals surface area (Å²) in [5.74, 6) is -0.171. The van der Waals surface area contributed by atoms with Gasteiger partial charge in [-0.15, -0.1) is 0 Å². The summed E-state index contributed by atoms with van der Waals surface area (Å²) in [4.78, 5) is 12.0. The number of halogens is 1. The van der Waals surface area contributed by atoms with Gasteiger partial charge < -0.3 is 20.1 Å². The second kappa shape index (κ2) is 7.38. The second-order valence-electron chi connectivity index (χ2n) is 5.18. The molecule has 1 aromatic rings. The van der Waals surface area contributed by atoms with Crippen molar-refractivity contribution >= 4 is 11.6 Å². The number of carbonyl (C=O) groups is 1. The number of rotatable bonds is 7. The maximum Gasteiger partial charge on any atom is 0.227 e. The lowest BCUT2D eigenvalue weighted by Crippen LogP contribution is -2.48. The maximum absolute atomic E-state index is 13.8. The van der Waals surface area contributed by atoms with Crippen molar-refractivity contribution in [2.24, 2.45) is 11.8 Å². The van der Waals surface area contributed by atoms with Crippen molar-refractivity contribution in [2.75, 3.05) is 38.7 Å². The van der Waals surface area contributed by atoms with Crippen LogP contribution in [0.25, 0.3) is 0 Å². The zero-order valence-corrected chi connectivity index (χ0v) is 12.3. The standard InChI is InChI=1S/C15H21FN2O3/c1-10(11-8-17-9-11)15(19)18-12-3-4-14(13(16)7-12)21-6-5-20-2/h3-4,7,10-11,17H,5-6,8-9H2,1-2H3,(H,18,19). The molecule has 5 nitrogen and oxygen atoms in total. The van der Waals surface area contributed by atoms with E-state index >= 15 is 0 Å². The number of nitrogens with one attached hydrogen (secondary N) is 2. The van der Waals surface area contributed by atoms with E-state index in [4.69, 9.17) is 9.47 Å². The van der Waals surface area contributed by atoms with Crippen LogP contribution in [0.2, 0.25) is 0 Å². The molecular formula is C15H21FN2O3. The molecule has 6 heteroatoms. The molecular weight excluding hydrogens is 275 g/mol.